The predicted molar refractivity (Wildman–Crippen MR) is 130 cm³/mol. The molecule has 1 N–H and O–H groups in total. The lowest BCUT2D eigenvalue weighted by molar-refractivity contribution is -0.133. The number of likely N-dealkylation sites (tertiary alicyclic amines) is 1. The van der Waals surface area contributed by atoms with Gasteiger partial charge in [-0.25, -0.2) is 4.98 Å². The number of amides is 1. The summed E-state index contributed by atoms with van der Waals surface area (Å²) in [5.74, 6) is 1.30. The van der Waals surface area contributed by atoms with Gasteiger partial charge in [0.15, 0.2) is 0 Å². The van der Waals surface area contributed by atoms with Crippen LogP contribution in [0.5, 0.6) is 0 Å². The molecule has 3 aromatic carbocycles. The lowest BCUT2D eigenvalue weighted by Gasteiger charge is -2.29. The molecule has 168 valence electrons. The standard InChI is InChI=1S/C27H25ClN2O3/c28-20-10-8-19(9-11-20)26-24(12-13-25(32)30-16-14-21(31)15-17-30)33-27(29-26)23-7-3-5-18-4-1-2-6-22(18)23/h1-11,21,31H,12-17H2. The molecule has 5 rings (SSSR count). The largest absolute Gasteiger partial charge is 0.440 e. The molecule has 0 saturated carbocycles. The molecule has 1 aliphatic heterocycles. The van der Waals surface area contributed by atoms with E-state index in [0.29, 0.717) is 55.4 Å². The molecule has 0 bridgehead atoms. The topological polar surface area (TPSA) is 66.6 Å². The van der Waals surface area contributed by atoms with Crippen molar-refractivity contribution in [3.05, 3.63) is 77.5 Å². The molecule has 1 fully saturated rings. The number of carbonyl (C=O) groups excluding carboxylic acids is 1. The molecule has 2 heterocycles. The molecule has 33 heavy (non-hydrogen) atoms. The average Bonchev–Trinajstić information content (AvgIpc) is 3.27. The number of benzene rings is 3. The first-order valence-corrected chi connectivity index (χ1v) is 11.7. The van der Waals surface area contributed by atoms with Crippen LogP contribution in [0.2, 0.25) is 5.02 Å². The quantitative estimate of drug-likeness (QED) is 0.413. The van der Waals surface area contributed by atoms with Gasteiger partial charge in [0.1, 0.15) is 11.5 Å². The van der Waals surface area contributed by atoms with Gasteiger partial charge in [-0.05, 0) is 41.8 Å². The minimum absolute atomic E-state index is 0.0760. The van der Waals surface area contributed by atoms with Crippen molar-refractivity contribution in [3.8, 4) is 22.7 Å². The van der Waals surface area contributed by atoms with Crippen molar-refractivity contribution < 1.29 is 14.3 Å². The van der Waals surface area contributed by atoms with Gasteiger partial charge in [0, 0.05) is 42.1 Å². The molecule has 0 unspecified atom stereocenters. The maximum atomic E-state index is 12.8. The van der Waals surface area contributed by atoms with E-state index in [1.54, 1.807) is 0 Å². The summed E-state index contributed by atoms with van der Waals surface area (Å²) in [4.78, 5) is 19.5. The van der Waals surface area contributed by atoms with Crippen LogP contribution < -0.4 is 0 Å². The number of oxazole rings is 1. The van der Waals surface area contributed by atoms with E-state index in [0.717, 1.165) is 27.6 Å². The van der Waals surface area contributed by atoms with E-state index < -0.39 is 0 Å². The maximum Gasteiger partial charge on any atom is 0.227 e. The van der Waals surface area contributed by atoms with E-state index in [2.05, 4.69) is 18.2 Å². The van der Waals surface area contributed by atoms with Gasteiger partial charge in [-0.2, -0.15) is 0 Å². The van der Waals surface area contributed by atoms with Crippen LogP contribution in [0, 0.1) is 0 Å². The summed E-state index contributed by atoms with van der Waals surface area (Å²) >= 11 is 6.09. The molecule has 4 aromatic rings. The molecule has 0 radical (unpaired) electrons. The van der Waals surface area contributed by atoms with E-state index in [-0.39, 0.29) is 12.0 Å². The van der Waals surface area contributed by atoms with Crippen LogP contribution in [-0.4, -0.2) is 40.1 Å². The SMILES string of the molecule is O=C(CCc1oc(-c2cccc3ccccc23)nc1-c1ccc(Cl)cc1)N1CCC(O)CC1. The summed E-state index contributed by atoms with van der Waals surface area (Å²) in [6, 6.07) is 21.7. The van der Waals surface area contributed by atoms with Crippen molar-refractivity contribution in [1.29, 1.82) is 0 Å². The van der Waals surface area contributed by atoms with E-state index in [1.807, 2.05) is 53.4 Å². The third kappa shape index (κ3) is 4.65. The Kier molecular flexibility index (Phi) is 6.16. The lowest BCUT2D eigenvalue weighted by atomic mass is 10.0. The molecule has 0 atom stereocenters. The van der Waals surface area contributed by atoms with Crippen LogP contribution in [-0.2, 0) is 11.2 Å². The van der Waals surface area contributed by atoms with Crippen molar-refractivity contribution in [2.24, 2.45) is 0 Å². The Hall–Kier alpha value is -3.15. The summed E-state index contributed by atoms with van der Waals surface area (Å²) in [5.41, 5.74) is 2.56. The van der Waals surface area contributed by atoms with Gasteiger partial charge in [-0.1, -0.05) is 60.1 Å². The number of halogens is 1. The third-order valence-corrected chi connectivity index (χ3v) is 6.47. The first-order chi connectivity index (χ1) is 16.1. The number of nitrogens with zero attached hydrogens (tertiary/aromatic N) is 2. The smallest absolute Gasteiger partial charge is 0.227 e. The predicted octanol–water partition coefficient (Wildman–Crippen LogP) is 5.73. The van der Waals surface area contributed by atoms with Gasteiger partial charge in [0.05, 0.1) is 6.10 Å². The summed E-state index contributed by atoms with van der Waals surface area (Å²) in [5, 5.41) is 12.6. The van der Waals surface area contributed by atoms with Gasteiger partial charge in [0.2, 0.25) is 11.8 Å². The zero-order chi connectivity index (χ0) is 22.8. The first-order valence-electron chi connectivity index (χ1n) is 11.3. The Labute approximate surface area is 197 Å². The molecule has 0 spiro atoms. The number of hydrogen-bond acceptors (Lipinski definition) is 4. The fourth-order valence-corrected chi connectivity index (χ4v) is 4.50. The second-order valence-corrected chi connectivity index (χ2v) is 8.87. The highest BCUT2D eigenvalue weighted by Crippen LogP contribution is 2.34. The van der Waals surface area contributed by atoms with Gasteiger partial charge < -0.3 is 14.4 Å². The van der Waals surface area contributed by atoms with Crippen molar-refractivity contribution in [2.45, 2.75) is 31.8 Å². The molecule has 1 aromatic heterocycles. The highest BCUT2D eigenvalue weighted by atomic mass is 35.5. The lowest BCUT2D eigenvalue weighted by Crippen LogP contribution is -2.40. The number of hydrogen-bond donors (Lipinski definition) is 1. The summed E-state index contributed by atoms with van der Waals surface area (Å²) in [7, 11) is 0. The van der Waals surface area contributed by atoms with Crippen molar-refractivity contribution in [2.75, 3.05) is 13.1 Å². The van der Waals surface area contributed by atoms with Crippen LogP contribution in [0.15, 0.2) is 71.1 Å². The van der Waals surface area contributed by atoms with Gasteiger partial charge in [0.25, 0.3) is 0 Å². The van der Waals surface area contributed by atoms with E-state index in [1.165, 1.54) is 0 Å². The monoisotopic (exact) mass is 460 g/mol. The number of piperidine rings is 1. The molecule has 1 saturated heterocycles. The van der Waals surface area contributed by atoms with E-state index >= 15 is 0 Å². The normalized spacial score (nSPS) is 14.7. The maximum absolute atomic E-state index is 12.8. The molecule has 0 aliphatic carbocycles. The third-order valence-electron chi connectivity index (χ3n) is 6.22. The molecule has 5 nitrogen and oxygen atoms in total. The minimum Gasteiger partial charge on any atom is -0.440 e. The zero-order valence-electron chi connectivity index (χ0n) is 18.2. The first kappa shape index (κ1) is 21.7. The minimum atomic E-state index is -0.303. The Balaban J connectivity index is 1.47. The Bertz CT molecular complexity index is 1270. The summed E-state index contributed by atoms with van der Waals surface area (Å²) in [6.07, 6.45) is 1.75. The Morgan fingerprint density at radius 1 is 1.03 bits per heavy atom. The second kappa shape index (κ2) is 9.38. The number of aromatic nitrogens is 1. The van der Waals surface area contributed by atoms with Gasteiger partial charge in [-0.15, -0.1) is 0 Å². The fraction of sp³-hybridized carbons (Fsp3) is 0.259. The van der Waals surface area contributed by atoms with Crippen LogP contribution in [0.1, 0.15) is 25.0 Å². The van der Waals surface area contributed by atoms with Gasteiger partial charge in [-0.3, -0.25) is 4.79 Å². The Morgan fingerprint density at radius 3 is 2.55 bits per heavy atom. The van der Waals surface area contributed by atoms with Gasteiger partial charge >= 0.3 is 0 Å². The number of aliphatic hydroxyl groups is 1. The van der Waals surface area contributed by atoms with Crippen LogP contribution in [0.3, 0.4) is 0 Å². The van der Waals surface area contributed by atoms with Crippen LogP contribution in [0.25, 0.3) is 33.5 Å². The summed E-state index contributed by atoms with van der Waals surface area (Å²) in [6.45, 7) is 1.20. The van der Waals surface area contributed by atoms with Crippen molar-refractivity contribution in [3.63, 3.8) is 0 Å². The number of aryl methyl sites for hydroxylation is 1. The fourth-order valence-electron chi connectivity index (χ4n) is 4.38. The number of rotatable bonds is 5. The highest BCUT2D eigenvalue weighted by Gasteiger charge is 2.23. The van der Waals surface area contributed by atoms with E-state index in [4.69, 9.17) is 21.0 Å². The van der Waals surface area contributed by atoms with Crippen LogP contribution >= 0.6 is 11.6 Å². The zero-order valence-corrected chi connectivity index (χ0v) is 19.0. The number of carbonyl (C=O) groups is 1. The molecule has 1 amide bonds. The Morgan fingerprint density at radius 2 is 1.76 bits per heavy atom. The van der Waals surface area contributed by atoms with Crippen molar-refractivity contribution >= 4 is 28.3 Å². The number of aliphatic hydroxyl groups excluding tert-OH is 1. The van der Waals surface area contributed by atoms with E-state index in [9.17, 15) is 9.90 Å². The molecule has 6 heteroatoms. The summed E-state index contributed by atoms with van der Waals surface area (Å²) < 4.78 is 6.29. The van der Waals surface area contributed by atoms with Crippen LogP contribution in [0.4, 0.5) is 0 Å². The molecule has 1 aliphatic rings. The average molecular weight is 461 g/mol. The highest BCUT2D eigenvalue weighted by molar-refractivity contribution is 6.30. The molecular weight excluding hydrogens is 436 g/mol. The number of fused-ring (bicyclic) bond motifs is 1. The molecular formula is C27H25ClN2O3. The second-order valence-electron chi connectivity index (χ2n) is 8.44. The van der Waals surface area contributed by atoms with Crippen molar-refractivity contribution in [1.82, 2.24) is 9.88 Å².